The highest BCUT2D eigenvalue weighted by molar-refractivity contribution is 7.85. The number of esters is 1. The van der Waals surface area contributed by atoms with Gasteiger partial charge >= 0.3 is 12.1 Å². The van der Waals surface area contributed by atoms with Crippen LogP contribution in [-0.4, -0.2) is 50.6 Å². The van der Waals surface area contributed by atoms with Gasteiger partial charge in [-0.1, -0.05) is 0 Å². The maximum absolute atomic E-state index is 12.2. The number of hydrogen-bond acceptors (Lipinski definition) is 7. The molecule has 0 saturated carbocycles. The summed E-state index contributed by atoms with van der Waals surface area (Å²) in [7, 11) is -3.55. The minimum atomic E-state index is -3.55. The molecule has 24 heavy (non-hydrogen) atoms. The molecule has 0 fully saturated rings. The zero-order chi connectivity index (χ0) is 19.2. The van der Waals surface area contributed by atoms with Crippen molar-refractivity contribution in [1.82, 2.24) is 5.32 Å². The van der Waals surface area contributed by atoms with Crippen molar-refractivity contribution in [2.75, 3.05) is 12.9 Å². The van der Waals surface area contributed by atoms with E-state index in [4.69, 9.17) is 9.47 Å². The topological polar surface area (TPSA) is 108 Å². The lowest BCUT2D eigenvalue weighted by atomic mass is 10.1. The second kappa shape index (κ2) is 8.66. The summed E-state index contributed by atoms with van der Waals surface area (Å²) in [6.45, 7) is 10.2. The summed E-state index contributed by atoms with van der Waals surface area (Å²) in [6, 6.07) is -0.956. The third kappa shape index (κ3) is 13.1. The number of amides is 1. The molecule has 0 aliphatic heterocycles. The Bertz CT molecular complexity index is 529. The Hall–Kier alpha value is -1.35. The first kappa shape index (κ1) is 22.6. The van der Waals surface area contributed by atoms with Gasteiger partial charge in [0.25, 0.3) is 10.1 Å². The van der Waals surface area contributed by atoms with Crippen LogP contribution >= 0.6 is 0 Å². The number of ether oxygens (including phenoxy) is 2. The van der Waals surface area contributed by atoms with Gasteiger partial charge in [0.1, 0.15) is 17.2 Å². The van der Waals surface area contributed by atoms with Crippen molar-refractivity contribution in [1.29, 1.82) is 0 Å². The molecule has 9 heteroatoms. The second-order valence-corrected chi connectivity index (χ2v) is 9.04. The predicted octanol–water partition coefficient (Wildman–Crippen LogP) is 1.98. The van der Waals surface area contributed by atoms with Gasteiger partial charge in [-0.3, -0.25) is 4.18 Å². The monoisotopic (exact) mass is 367 g/mol. The van der Waals surface area contributed by atoms with Crippen LogP contribution in [0.4, 0.5) is 4.79 Å². The van der Waals surface area contributed by atoms with E-state index < -0.39 is 39.4 Å². The lowest BCUT2D eigenvalue weighted by molar-refractivity contribution is -0.157. The van der Waals surface area contributed by atoms with E-state index in [1.165, 1.54) is 0 Å². The molecule has 0 bridgehead atoms. The summed E-state index contributed by atoms with van der Waals surface area (Å²) >= 11 is 0. The van der Waals surface area contributed by atoms with Gasteiger partial charge in [-0.15, -0.1) is 0 Å². The molecule has 0 heterocycles. The van der Waals surface area contributed by atoms with Crippen LogP contribution in [0.3, 0.4) is 0 Å². The van der Waals surface area contributed by atoms with E-state index in [0.29, 0.717) is 0 Å². The Morgan fingerprint density at radius 2 is 1.50 bits per heavy atom. The first-order valence-corrected chi connectivity index (χ1v) is 9.47. The fourth-order valence-corrected chi connectivity index (χ4v) is 1.99. The molecule has 0 rings (SSSR count). The number of alkyl carbamates (subject to hydrolysis) is 1. The van der Waals surface area contributed by atoms with Crippen LogP contribution in [0, 0.1) is 0 Å². The van der Waals surface area contributed by atoms with E-state index in [1.54, 1.807) is 41.5 Å². The SMILES string of the molecule is CC(C)(C)OC(=O)N[C@@H](CCCOS(C)(=O)=O)C(=O)OC(C)(C)C. The molecular weight excluding hydrogens is 338 g/mol. The van der Waals surface area contributed by atoms with E-state index in [0.717, 1.165) is 6.26 Å². The Labute approximate surface area is 144 Å². The Morgan fingerprint density at radius 3 is 1.92 bits per heavy atom. The molecule has 0 aliphatic rings. The number of nitrogens with one attached hydrogen (secondary N) is 1. The van der Waals surface area contributed by atoms with Gasteiger partial charge in [0.05, 0.1) is 12.9 Å². The molecule has 0 spiro atoms. The fraction of sp³-hybridized carbons (Fsp3) is 0.867. The quantitative estimate of drug-likeness (QED) is 0.416. The summed E-state index contributed by atoms with van der Waals surface area (Å²) in [5.41, 5.74) is -1.42. The first-order valence-electron chi connectivity index (χ1n) is 7.66. The Morgan fingerprint density at radius 1 is 1.00 bits per heavy atom. The van der Waals surface area contributed by atoms with Crippen LogP contribution in [0.15, 0.2) is 0 Å². The highest BCUT2D eigenvalue weighted by atomic mass is 32.2. The van der Waals surface area contributed by atoms with E-state index in [2.05, 4.69) is 9.50 Å². The highest BCUT2D eigenvalue weighted by Gasteiger charge is 2.28. The molecule has 1 atom stereocenters. The van der Waals surface area contributed by atoms with Crippen LogP contribution in [0.25, 0.3) is 0 Å². The molecule has 0 unspecified atom stereocenters. The maximum atomic E-state index is 12.2. The zero-order valence-electron chi connectivity index (χ0n) is 15.5. The maximum Gasteiger partial charge on any atom is 0.408 e. The summed E-state index contributed by atoms with van der Waals surface area (Å²) < 4.78 is 36.9. The summed E-state index contributed by atoms with van der Waals surface area (Å²) in [5.74, 6) is -0.618. The molecule has 142 valence electrons. The molecular formula is C15H29NO7S. The highest BCUT2D eigenvalue weighted by Crippen LogP contribution is 2.12. The van der Waals surface area contributed by atoms with Crippen molar-refractivity contribution in [3.63, 3.8) is 0 Å². The first-order chi connectivity index (χ1) is 10.6. The normalized spacial score (nSPS) is 14.0. The number of carbonyl (C=O) groups is 2. The summed E-state index contributed by atoms with van der Waals surface area (Å²) in [5, 5.41) is 2.45. The lowest BCUT2D eigenvalue weighted by Gasteiger charge is -2.26. The molecule has 0 aromatic carbocycles. The van der Waals surface area contributed by atoms with E-state index in [9.17, 15) is 18.0 Å². The van der Waals surface area contributed by atoms with Crippen molar-refractivity contribution >= 4 is 22.2 Å². The molecule has 1 amide bonds. The van der Waals surface area contributed by atoms with Crippen molar-refractivity contribution in [3.05, 3.63) is 0 Å². The molecule has 1 N–H and O–H groups in total. The lowest BCUT2D eigenvalue weighted by Crippen LogP contribution is -2.46. The second-order valence-electron chi connectivity index (χ2n) is 7.40. The van der Waals surface area contributed by atoms with E-state index >= 15 is 0 Å². The van der Waals surface area contributed by atoms with Gasteiger partial charge in [0.2, 0.25) is 0 Å². The van der Waals surface area contributed by atoms with E-state index in [1.807, 2.05) is 0 Å². The van der Waals surface area contributed by atoms with E-state index in [-0.39, 0.29) is 19.4 Å². The van der Waals surface area contributed by atoms with Crippen LogP contribution in [0.5, 0.6) is 0 Å². The minimum Gasteiger partial charge on any atom is -0.458 e. The van der Waals surface area contributed by atoms with Crippen molar-refractivity contribution in [2.24, 2.45) is 0 Å². The smallest absolute Gasteiger partial charge is 0.408 e. The fourth-order valence-electron chi connectivity index (χ4n) is 1.57. The minimum absolute atomic E-state index is 0.0892. The Balaban J connectivity index is 4.77. The van der Waals surface area contributed by atoms with Gasteiger partial charge in [-0.2, -0.15) is 8.42 Å². The number of carbonyl (C=O) groups excluding carboxylic acids is 2. The average molecular weight is 367 g/mol. The Kier molecular flexibility index (Phi) is 8.17. The molecule has 8 nitrogen and oxygen atoms in total. The van der Waals surface area contributed by atoms with Crippen LogP contribution in [0.2, 0.25) is 0 Å². The van der Waals surface area contributed by atoms with Gasteiger partial charge in [-0.25, -0.2) is 9.59 Å². The average Bonchev–Trinajstić information content (AvgIpc) is 2.26. The molecule has 0 aliphatic carbocycles. The number of rotatable bonds is 7. The van der Waals surface area contributed by atoms with Crippen molar-refractivity contribution < 1.29 is 31.7 Å². The van der Waals surface area contributed by atoms with Gasteiger partial charge < -0.3 is 14.8 Å². The van der Waals surface area contributed by atoms with Crippen LogP contribution in [-0.2, 0) is 28.6 Å². The summed E-state index contributed by atoms with van der Waals surface area (Å²) in [4.78, 5) is 24.1. The summed E-state index contributed by atoms with van der Waals surface area (Å²) in [6.07, 6.45) is 0.593. The largest absolute Gasteiger partial charge is 0.458 e. The van der Waals surface area contributed by atoms with Crippen molar-refractivity contribution in [2.45, 2.75) is 71.6 Å². The van der Waals surface area contributed by atoms with Gasteiger partial charge in [-0.05, 0) is 54.4 Å². The number of hydrogen-bond donors (Lipinski definition) is 1. The molecule has 0 saturated heterocycles. The van der Waals surface area contributed by atoms with Gasteiger partial charge in [0.15, 0.2) is 0 Å². The third-order valence-corrected chi connectivity index (χ3v) is 2.91. The van der Waals surface area contributed by atoms with Gasteiger partial charge in [0, 0.05) is 0 Å². The molecule has 0 aromatic heterocycles. The molecule has 0 aromatic rings. The predicted molar refractivity (Wildman–Crippen MR) is 89.0 cm³/mol. The third-order valence-electron chi connectivity index (χ3n) is 2.32. The zero-order valence-corrected chi connectivity index (χ0v) is 16.3. The van der Waals surface area contributed by atoms with Crippen LogP contribution in [0.1, 0.15) is 54.4 Å². The van der Waals surface area contributed by atoms with Crippen LogP contribution < -0.4 is 5.32 Å². The standard InChI is InChI=1S/C15H29NO7S/c1-14(2,3)22-12(17)11(9-8-10-21-24(7,19)20)16-13(18)23-15(4,5)6/h11H,8-10H2,1-7H3,(H,16,18)/t11-/m0/s1. The van der Waals surface area contributed by atoms with Crippen molar-refractivity contribution in [3.8, 4) is 0 Å². The molecule has 0 radical (unpaired) electrons.